The number of carbonyl (C=O) groups excluding carboxylic acids is 1. The largest absolute Gasteiger partial charge is 0.444 e. The molecule has 0 aromatic heterocycles. The van der Waals surface area contributed by atoms with Gasteiger partial charge in [-0.3, -0.25) is 0 Å². The Balaban J connectivity index is 4.25. The number of hydrogen-bond acceptors (Lipinski definition) is 4. The summed E-state index contributed by atoms with van der Waals surface area (Å²) in [7, 11) is 0. The summed E-state index contributed by atoms with van der Waals surface area (Å²) in [6, 6.07) is -0.722. The van der Waals surface area contributed by atoms with Crippen LogP contribution in [0, 0.1) is 5.92 Å². The molecule has 1 atom stereocenters. The van der Waals surface area contributed by atoms with Crippen LogP contribution in [0.1, 0.15) is 34.6 Å². The second-order valence-corrected chi connectivity index (χ2v) is 4.83. The molecule has 0 saturated heterocycles. The first-order chi connectivity index (χ1) is 6.63. The minimum absolute atomic E-state index is 0.0856. The molecule has 0 bridgehead atoms. The molecule has 0 aliphatic rings. The quantitative estimate of drug-likeness (QED) is 0.615. The lowest BCUT2D eigenvalue weighted by atomic mass is 10.0. The van der Waals surface area contributed by atoms with Crippen LogP contribution in [-0.2, 0) is 4.74 Å². The Morgan fingerprint density at radius 3 is 2.00 bits per heavy atom. The number of carbonyl (C=O) groups is 1. The van der Waals surface area contributed by atoms with Gasteiger partial charge in [0.1, 0.15) is 5.60 Å². The summed E-state index contributed by atoms with van der Waals surface area (Å²) in [5.74, 6) is -0.0856. The molecule has 0 spiro atoms. The van der Waals surface area contributed by atoms with Crippen LogP contribution in [0.5, 0.6) is 0 Å². The Hall–Kier alpha value is -0.810. The average Bonchev–Trinajstić information content (AvgIpc) is 1.95. The SMILES string of the molecule is CC(C)[C@@H](NC(=O)OC(C)(C)C)C(O)O. The van der Waals surface area contributed by atoms with E-state index in [2.05, 4.69) is 5.32 Å². The normalized spacial score (nSPS) is 14.2. The number of aliphatic hydroxyl groups excluding tert-OH is 1. The molecule has 0 fully saturated rings. The first kappa shape index (κ1) is 14.2. The maximum absolute atomic E-state index is 11.3. The van der Waals surface area contributed by atoms with E-state index in [1.165, 1.54) is 0 Å². The fourth-order valence-electron chi connectivity index (χ4n) is 1.03. The van der Waals surface area contributed by atoms with E-state index in [4.69, 9.17) is 14.9 Å². The van der Waals surface area contributed by atoms with Gasteiger partial charge in [-0.05, 0) is 26.7 Å². The van der Waals surface area contributed by atoms with Crippen molar-refractivity contribution >= 4 is 6.09 Å². The zero-order valence-corrected chi connectivity index (χ0v) is 9.94. The van der Waals surface area contributed by atoms with Gasteiger partial charge in [-0.25, -0.2) is 4.79 Å². The van der Waals surface area contributed by atoms with Gasteiger partial charge in [0.2, 0.25) is 0 Å². The summed E-state index contributed by atoms with van der Waals surface area (Å²) in [6.45, 7) is 8.79. The highest BCUT2D eigenvalue weighted by Crippen LogP contribution is 2.09. The number of alkyl carbamates (subject to hydrolysis) is 1. The Morgan fingerprint density at radius 2 is 1.73 bits per heavy atom. The van der Waals surface area contributed by atoms with Crippen molar-refractivity contribution in [1.82, 2.24) is 5.32 Å². The zero-order valence-electron chi connectivity index (χ0n) is 9.94. The first-order valence-electron chi connectivity index (χ1n) is 4.99. The van der Waals surface area contributed by atoms with Crippen LogP contribution in [-0.4, -0.2) is 34.2 Å². The Bertz CT molecular complexity index is 200. The maximum atomic E-state index is 11.3. The van der Waals surface area contributed by atoms with Gasteiger partial charge < -0.3 is 20.3 Å². The van der Waals surface area contributed by atoms with Crippen molar-refractivity contribution in [1.29, 1.82) is 0 Å². The minimum Gasteiger partial charge on any atom is -0.444 e. The Morgan fingerprint density at radius 1 is 1.27 bits per heavy atom. The van der Waals surface area contributed by atoms with Crippen LogP contribution < -0.4 is 5.32 Å². The van der Waals surface area contributed by atoms with E-state index in [1.807, 2.05) is 0 Å². The van der Waals surface area contributed by atoms with E-state index >= 15 is 0 Å². The number of hydrogen-bond donors (Lipinski definition) is 3. The number of amides is 1. The summed E-state index contributed by atoms with van der Waals surface area (Å²) in [5.41, 5.74) is -0.591. The van der Waals surface area contributed by atoms with E-state index in [9.17, 15) is 4.79 Å². The molecule has 3 N–H and O–H groups in total. The summed E-state index contributed by atoms with van der Waals surface area (Å²) < 4.78 is 5.00. The van der Waals surface area contributed by atoms with Crippen molar-refractivity contribution in [2.75, 3.05) is 0 Å². The van der Waals surface area contributed by atoms with Crippen LogP contribution in [0.15, 0.2) is 0 Å². The number of ether oxygens (including phenoxy) is 1. The van der Waals surface area contributed by atoms with Gasteiger partial charge in [-0.1, -0.05) is 13.8 Å². The van der Waals surface area contributed by atoms with Crippen LogP contribution in [0.4, 0.5) is 4.79 Å². The van der Waals surface area contributed by atoms with E-state index in [1.54, 1.807) is 34.6 Å². The molecule has 15 heavy (non-hydrogen) atoms. The van der Waals surface area contributed by atoms with Gasteiger partial charge in [-0.2, -0.15) is 0 Å². The molecular weight excluding hydrogens is 198 g/mol. The molecule has 0 radical (unpaired) electrons. The minimum atomic E-state index is -1.59. The molecule has 0 aliphatic carbocycles. The zero-order chi connectivity index (χ0) is 12.2. The molecule has 0 aromatic rings. The number of aliphatic hydroxyl groups is 2. The van der Waals surface area contributed by atoms with Gasteiger partial charge in [-0.15, -0.1) is 0 Å². The van der Waals surface area contributed by atoms with Crippen LogP contribution in [0.3, 0.4) is 0 Å². The van der Waals surface area contributed by atoms with Gasteiger partial charge in [0, 0.05) is 0 Å². The van der Waals surface area contributed by atoms with Crippen LogP contribution in [0.25, 0.3) is 0 Å². The summed E-state index contributed by atoms with van der Waals surface area (Å²) >= 11 is 0. The van der Waals surface area contributed by atoms with Crippen molar-refractivity contribution in [3.8, 4) is 0 Å². The monoisotopic (exact) mass is 219 g/mol. The lowest BCUT2D eigenvalue weighted by molar-refractivity contribution is -0.0783. The lowest BCUT2D eigenvalue weighted by Crippen LogP contribution is -2.48. The molecule has 5 heteroatoms. The second kappa shape index (κ2) is 5.32. The van der Waals surface area contributed by atoms with Crippen LogP contribution in [0.2, 0.25) is 0 Å². The first-order valence-corrected chi connectivity index (χ1v) is 4.99. The van der Waals surface area contributed by atoms with E-state index in [0.717, 1.165) is 0 Å². The van der Waals surface area contributed by atoms with Gasteiger partial charge in [0.25, 0.3) is 0 Å². The van der Waals surface area contributed by atoms with Crippen LogP contribution >= 0.6 is 0 Å². The standard InChI is InChI=1S/C10H21NO4/c1-6(2)7(8(12)13)11-9(14)15-10(3,4)5/h6-8,12-13H,1-5H3,(H,11,14)/t7-/m1/s1. The smallest absolute Gasteiger partial charge is 0.408 e. The molecule has 0 saturated carbocycles. The second-order valence-electron chi connectivity index (χ2n) is 4.83. The fourth-order valence-corrected chi connectivity index (χ4v) is 1.03. The van der Waals surface area contributed by atoms with Crippen molar-refractivity contribution < 1.29 is 19.7 Å². The molecule has 0 aromatic carbocycles. The molecule has 0 aliphatic heterocycles. The van der Waals surface area contributed by atoms with Crippen molar-refractivity contribution in [3.63, 3.8) is 0 Å². The maximum Gasteiger partial charge on any atom is 0.408 e. The molecule has 0 unspecified atom stereocenters. The molecule has 0 heterocycles. The summed E-state index contributed by atoms with van der Waals surface area (Å²) in [6.07, 6.45) is -2.23. The topological polar surface area (TPSA) is 78.8 Å². The lowest BCUT2D eigenvalue weighted by Gasteiger charge is -2.26. The molecule has 1 amide bonds. The number of rotatable bonds is 3. The highest BCUT2D eigenvalue weighted by Gasteiger charge is 2.25. The third-order valence-corrected chi connectivity index (χ3v) is 1.72. The Kier molecular flexibility index (Phi) is 5.03. The van der Waals surface area contributed by atoms with E-state index < -0.39 is 24.0 Å². The molecule has 0 rings (SSSR count). The van der Waals surface area contributed by atoms with Gasteiger partial charge in [0.15, 0.2) is 6.29 Å². The summed E-state index contributed by atoms with van der Waals surface area (Å²) in [4.78, 5) is 11.3. The van der Waals surface area contributed by atoms with Gasteiger partial charge in [0.05, 0.1) is 6.04 Å². The predicted molar refractivity (Wildman–Crippen MR) is 56.2 cm³/mol. The number of nitrogens with one attached hydrogen (secondary N) is 1. The fraction of sp³-hybridized carbons (Fsp3) is 0.900. The third kappa shape index (κ3) is 6.30. The predicted octanol–water partition coefficient (Wildman–Crippen LogP) is 0.846. The summed E-state index contributed by atoms with van der Waals surface area (Å²) in [5, 5.41) is 20.4. The molecule has 90 valence electrons. The molecular formula is C10H21NO4. The van der Waals surface area contributed by atoms with Crippen molar-refractivity contribution in [2.24, 2.45) is 5.92 Å². The highest BCUT2D eigenvalue weighted by molar-refractivity contribution is 5.68. The molecule has 5 nitrogen and oxygen atoms in total. The third-order valence-electron chi connectivity index (χ3n) is 1.72. The highest BCUT2D eigenvalue weighted by atomic mass is 16.6. The van der Waals surface area contributed by atoms with E-state index in [0.29, 0.717) is 0 Å². The Labute approximate surface area is 90.4 Å². The van der Waals surface area contributed by atoms with E-state index in [-0.39, 0.29) is 5.92 Å². The van der Waals surface area contributed by atoms with Crippen molar-refractivity contribution in [3.05, 3.63) is 0 Å². The van der Waals surface area contributed by atoms with Crippen molar-refractivity contribution in [2.45, 2.75) is 52.6 Å². The average molecular weight is 219 g/mol. The van der Waals surface area contributed by atoms with Gasteiger partial charge >= 0.3 is 6.09 Å².